The van der Waals surface area contributed by atoms with Gasteiger partial charge < -0.3 is 9.80 Å². The molecule has 5 rings (SSSR count). The van der Waals surface area contributed by atoms with E-state index in [0.717, 1.165) is 67.1 Å². The number of aromatic nitrogens is 3. The molecule has 1 unspecified atom stereocenters. The maximum atomic E-state index is 5.11. The zero-order valence-corrected chi connectivity index (χ0v) is 17.5. The van der Waals surface area contributed by atoms with Crippen LogP contribution in [0.4, 0.5) is 5.82 Å². The van der Waals surface area contributed by atoms with Gasteiger partial charge in [0.15, 0.2) is 5.82 Å². The fraction of sp³-hybridized carbons (Fsp3) is 0.500. The molecule has 28 heavy (non-hydrogen) atoms. The van der Waals surface area contributed by atoms with Crippen molar-refractivity contribution >= 4 is 27.4 Å². The van der Waals surface area contributed by atoms with Crippen molar-refractivity contribution in [2.45, 2.75) is 33.1 Å². The standard InChI is InChI=1S/C22H27N5S/c1-3-26-9-11-27(12-10-26)21-19-17-7-6-15(2)13-18(17)28-22(19)25-20(24-21)16-5-4-8-23-14-16/h4-5,8,14-15H,3,6-7,9-13H2,1-2H3. The van der Waals surface area contributed by atoms with E-state index in [4.69, 9.17) is 9.97 Å². The summed E-state index contributed by atoms with van der Waals surface area (Å²) in [6.07, 6.45) is 7.29. The van der Waals surface area contributed by atoms with Gasteiger partial charge in [-0.1, -0.05) is 13.8 Å². The fourth-order valence-corrected chi connectivity index (χ4v) is 5.83. The number of pyridine rings is 1. The molecule has 0 N–H and O–H groups in total. The molecule has 0 aromatic carbocycles. The van der Waals surface area contributed by atoms with E-state index in [0.29, 0.717) is 0 Å². The lowest BCUT2D eigenvalue weighted by Crippen LogP contribution is -2.46. The molecular weight excluding hydrogens is 366 g/mol. The van der Waals surface area contributed by atoms with E-state index in [1.807, 2.05) is 23.6 Å². The average Bonchev–Trinajstić information content (AvgIpc) is 3.11. The number of likely N-dealkylation sites (N-methyl/N-ethyl adjacent to an activating group) is 1. The molecule has 1 fully saturated rings. The molecule has 3 aromatic heterocycles. The van der Waals surface area contributed by atoms with Gasteiger partial charge in [0, 0.05) is 49.0 Å². The smallest absolute Gasteiger partial charge is 0.164 e. The Morgan fingerprint density at radius 1 is 1.18 bits per heavy atom. The van der Waals surface area contributed by atoms with Gasteiger partial charge in [-0.15, -0.1) is 11.3 Å². The molecular formula is C22H27N5S. The van der Waals surface area contributed by atoms with Crippen molar-refractivity contribution in [2.24, 2.45) is 5.92 Å². The first kappa shape index (κ1) is 18.0. The number of piperazine rings is 1. The van der Waals surface area contributed by atoms with Crippen molar-refractivity contribution in [1.82, 2.24) is 19.9 Å². The monoisotopic (exact) mass is 393 g/mol. The largest absolute Gasteiger partial charge is 0.353 e. The molecule has 0 radical (unpaired) electrons. The van der Waals surface area contributed by atoms with Gasteiger partial charge in [0.05, 0.1) is 5.39 Å². The summed E-state index contributed by atoms with van der Waals surface area (Å²) in [7, 11) is 0. The van der Waals surface area contributed by atoms with Crippen LogP contribution in [0, 0.1) is 5.92 Å². The highest BCUT2D eigenvalue weighted by atomic mass is 32.1. The van der Waals surface area contributed by atoms with E-state index < -0.39 is 0 Å². The van der Waals surface area contributed by atoms with Crippen LogP contribution in [-0.2, 0) is 12.8 Å². The Balaban J connectivity index is 1.65. The second-order valence-electron chi connectivity index (χ2n) is 8.07. The number of aryl methyl sites for hydroxylation is 1. The quantitative estimate of drug-likeness (QED) is 0.672. The Hall–Kier alpha value is -2.05. The Bertz CT molecular complexity index is 976. The molecule has 2 aliphatic rings. The van der Waals surface area contributed by atoms with E-state index in [1.165, 1.54) is 28.7 Å². The van der Waals surface area contributed by atoms with Crippen LogP contribution in [-0.4, -0.2) is 52.6 Å². The van der Waals surface area contributed by atoms with Crippen molar-refractivity contribution in [3.8, 4) is 11.4 Å². The first-order chi connectivity index (χ1) is 13.7. The van der Waals surface area contributed by atoms with Crippen LogP contribution < -0.4 is 4.90 Å². The van der Waals surface area contributed by atoms with E-state index in [1.54, 1.807) is 6.20 Å². The molecule has 1 aliphatic heterocycles. The number of fused-ring (bicyclic) bond motifs is 3. The van der Waals surface area contributed by atoms with E-state index in [2.05, 4.69) is 34.7 Å². The Kier molecular flexibility index (Phi) is 4.77. The first-order valence-corrected chi connectivity index (χ1v) is 11.2. The highest BCUT2D eigenvalue weighted by Gasteiger charge is 2.27. The summed E-state index contributed by atoms with van der Waals surface area (Å²) in [5, 5.41) is 1.32. The zero-order valence-electron chi connectivity index (χ0n) is 16.7. The van der Waals surface area contributed by atoms with Crippen molar-refractivity contribution in [3.05, 3.63) is 35.0 Å². The lowest BCUT2D eigenvalue weighted by molar-refractivity contribution is 0.271. The Morgan fingerprint density at radius 3 is 2.79 bits per heavy atom. The molecule has 4 heterocycles. The summed E-state index contributed by atoms with van der Waals surface area (Å²) < 4.78 is 0. The lowest BCUT2D eigenvalue weighted by atomic mass is 9.89. The maximum absolute atomic E-state index is 5.11. The second kappa shape index (κ2) is 7.41. The van der Waals surface area contributed by atoms with E-state index in [-0.39, 0.29) is 0 Å². The minimum absolute atomic E-state index is 0.767. The van der Waals surface area contributed by atoms with Crippen LogP contribution in [0.5, 0.6) is 0 Å². The van der Waals surface area contributed by atoms with Gasteiger partial charge >= 0.3 is 0 Å². The van der Waals surface area contributed by atoms with Crippen LogP contribution in [0.1, 0.15) is 30.7 Å². The van der Waals surface area contributed by atoms with Gasteiger partial charge in [-0.3, -0.25) is 4.98 Å². The summed E-state index contributed by atoms with van der Waals surface area (Å²) in [5.41, 5.74) is 2.52. The van der Waals surface area contributed by atoms with Gasteiger partial charge in [-0.05, 0) is 49.4 Å². The number of thiophene rings is 1. The maximum Gasteiger partial charge on any atom is 0.164 e. The molecule has 3 aromatic rings. The topological polar surface area (TPSA) is 45.2 Å². The van der Waals surface area contributed by atoms with Crippen LogP contribution in [0.25, 0.3) is 21.6 Å². The van der Waals surface area contributed by atoms with E-state index >= 15 is 0 Å². The molecule has 6 heteroatoms. The van der Waals surface area contributed by atoms with Crippen molar-refractivity contribution < 1.29 is 0 Å². The van der Waals surface area contributed by atoms with Crippen LogP contribution in [0.2, 0.25) is 0 Å². The van der Waals surface area contributed by atoms with Crippen LogP contribution >= 0.6 is 11.3 Å². The van der Waals surface area contributed by atoms with Gasteiger partial charge in [0.2, 0.25) is 0 Å². The SMILES string of the molecule is CCN1CCN(c2nc(-c3cccnc3)nc3sc4c(c23)CCC(C)C4)CC1. The molecule has 1 aliphatic carbocycles. The van der Waals surface area contributed by atoms with Gasteiger partial charge in [-0.25, -0.2) is 9.97 Å². The fourth-order valence-electron chi connectivity index (χ4n) is 4.45. The molecule has 146 valence electrons. The summed E-state index contributed by atoms with van der Waals surface area (Å²) in [4.78, 5) is 22.1. The van der Waals surface area contributed by atoms with Crippen molar-refractivity contribution in [3.63, 3.8) is 0 Å². The first-order valence-electron chi connectivity index (χ1n) is 10.4. The third-order valence-electron chi connectivity index (χ3n) is 6.17. The molecule has 0 amide bonds. The minimum atomic E-state index is 0.767. The van der Waals surface area contributed by atoms with Gasteiger partial charge in [0.1, 0.15) is 10.6 Å². The molecule has 0 bridgehead atoms. The molecule has 5 nitrogen and oxygen atoms in total. The van der Waals surface area contributed by atoms with Gasteiger partial charge in [-0.2, -0.15) is 0 Å². The van der Waals surface area contributed by atoms with Crippen LogP contribution in [0.15, 0.2) is 24.5 Å². The lowest BCUT2D eigenvalue weighted by Gasteiger charge is -2.35. The van der Waals surface area contributed by atoms with Crippen molar-refractivity contribution in [2.75, 3.05) is 37.6 Å². The molecule has 1 saturated heterocycles. The second-order valence-corrected chi connectivity index (χ2v) is 9.15. The summed E-state index contributed by atoms with van der Waals surface area (Å²) in [6.45, 7) is 10.0. The average molecular weight is 394 g/mol. The highest BCUT2D eigenvalue weighted by Crippen LogP contribution is 2.42. The summed E-state index contributed by atoms with van der Waals surface area (Å²) >= 11 is 1.89. The normalized spacial score (nSPS) is 20.5. The number of nitrogens with zero attached hydrogens (tertiary/aromatic N) is 5. The van der Waals surface area contributed by atoms with Gasteiger partial charge in [0.25, 0.3) is 0 Å². The predicted molar refractivity (Wildman–Crippen MR) is 116 cm³/mol. The van der Waals surface area contributed by atoms with Crippen molar-refractivity contribution in [1.29, 1.82) is 0 Å². The third-order valence-corrected chi connectivity index (χ3v) is 7.32. The number of anilines is 1. The van der Waals surface area contributed by atoms with E-state index in [9.17, 15) is 0 Å². The highest BCUT2D eigenvalue weighted by molar-refractivity contribution is 7.19. The third kappa shape index (κ3) is 3.18. The zero-order chi connectivity index (χ0) is 19.1. The number of rotatable bonds is 3. The summed E-state index contributed by atoms with van der Waals surface area (Å²) in [6, 6.07) is 4.02. The van der Waals surface area contributed by atoms with Crippen LogP contribution in [0.3, 0.4) is 0 Å². The minimum Gasteiger partial charge on any atom is -0.353 e. The molecule has 1 atom stereocenters. The number of hydrogen-bond donors (Lipinski definition) is 0. The molecule has 0 saturated carbocycles. The summed E-state index contributed by atoms with van der Waals surface area (Å²) in [5.74, 6) is 2.72. The predicted octanol–water partition coefficient (Wildman–Crippen LogP) is 4.02. The Morgan fingerprint density at radius 2 is 2.04 bits per heavy atom. The number of hydrogen-bond acceptors (Lipinski definition) is 6. The Labute approximate surface area is 170 Å². The molecule has 0 spiro atoms.